The number of nitrogens with zero attached hydrogens (tertiary/aromatic N) is 3. The molecule has 7 heteroatoms. The van der Waals surface area contributed by atoms with Crippen LogP contribution in [-0.4, -0.2) is 42.0 Å². The number of rotatable bonds is 5. The van der Waals surface area contributed by atoms with Crippen LogP contribution in [0.15, 0.2) is 48.7 Å². The summed E-state index contributed by atoms with van der Waals surface area (Å²) in [6.45, 7) is 3.81. The number of amides is 1. The fourth-order valence-corrected chi connectivity index (χ4v) is 3.40. The Kier molecular flexibility index (Phi) is 5.27. The topological polar surface area (TPSA) is 59.4 Å². The summed E-state index contributed by atoms with van der Waals surface area (Å²) in [6.07, 6.45) is 2.13. The third-order valence-corrected chi connectivity index (χ3v) is 4.92. The van der Waals surface area contributed by atoms with Gasteiger partial charge in [0.25, 0.3) is 0 Å². The molecule has 2 aromatic carbocycles. The van der Waals surface area contributed by atoms with E-state index in [0.29, 0.717) is 18.0 Å². The van der Waals surface area contributed by atoms with E-state index in [1.807, 2.05) is 47.1 Å². The molecule has 0 radical (unpaired) electrons. The van der Waals surface area contributed by atoms with Gasteiger partial charge in [-0.2, -0.15) is 5.10 Å². The minimum atomic E-state index is -0.0419. The van der Waals surface area contributed by atoms with E-state index in [9.17, 15) is 4.79 Å². The molecule has 1 fully saturated rings. The lowest BCUT2D eigenvalue weighted by atomic mass is 10.2. The molecule has 1 aromatic heterocycles. The molecule has 1 amide bonds. The zero-order valence-electron chi connectivity index (χ0n) is 14.9. The number of morpholine rings is 1. The summed E-state index contributed by atoms with van der Waals surface area (Å²) in [6, 6.07) is 13.6. The number of ether oxygens (including phenoxy) is 1. The molecule has 1 N–H and O–H groups in total. The van der Waals surface area contributed by atoms with E-state index in [1.54, 1.807) is 6.20 Å². The van der Waals surface area contributed by atoms with Gasteiger partial charge in [0.2, 0.25) is 5.91 Å². The molecule has 27 heavy (non-hydrogen) atoms. The molecule has 0 spiro atoms. The molecular formula is C20H21ClN4O2. The van der Waals surface area contributed by atoms with Gasteiger partial charge in [-0.15, -0.1) is 0 Å². The lowest BCUT2D eigenvalue weighted by Gasteiger charge is -2.28. The predicted octanol–water partition coefficient (Wildman–Crippen LogP) is 3.56. The first-order chi connectivity index (χ1) is 13.2. The SMILES string of the molecule is O=C(CCn1ncc2ccc(Cl)cc21)Nc1ccc(N2CCOCC2)cc1. The van der Waals surface area contributed by atoms with E-state index in [2.05, 4.69) is 15.3 Å². The number of halogens is 1. The van der Waals surface area contributed by atoms with Crippen molar-refractivity contribution in [2.24, 2.45) is 0 Å². The number of anilines is 2. The molecule has 1 aliphatic heterocycles. The van der Waals surface area contributed by atoms with Crippen LogP contribution < -0.4 is 10.2 Å². The highest BCUT2D eigenvalue weighted by molar-refractivity contribution is 6.31. The molecule has 0 saturated carbocycles. The van der Waals surface area contributed by atoms with Crippen molar-refractivity contribution in [3.05, 3.63) is 53.7 Å². The van der Waals surface area contributed by atoms with Crippen LogP contribution in [0, 0.1) is 0 Å². The van der Waals surface area contributed by atoms with Crippen molar-refractivity contribution >= 4 is 39.8 Å². The van der Waals surface area contributed by atoms with Crippen molar-refractivity contribution in [3.63, 3.8) is 0 Å². The number of hydrogen-bond acceptors (Lipinski definition) is 4. The Labute approximate surface area is 162 Å². The number of benzene rings is 2. The molecule has 6 nitrogen and oxygen atoms in total. The number of fused-ring (bicyclic) bond motifs is 1. The summed E-state index contributed by atoms with van der Waals surface area (Å²) in [5.74, 6) is -0.0419. The number of carbonyl (C=O) groups excluding carboxylic acids is 1. The molecule has 4 rings (SSSR count). The molecule has 1 saturated heterocycles. The molecule has 1 aliphatic rings. The first-order valence-electron chi connectivity index (χ1n) is 9.03. The largest absolute Gasteiger partial charge is 0.378 e. The zero-order chi connectivity index (χ0) is 18.6. The van der Waals surface area contributed by atoms with Crippen molar-refractivity contribution in [2.75, 3.05) is 36.5 Å². The average Bonchev–Trinajstić information content (AvgIpc) is 3.10. The van der Waals surface area contributed by atoms with Crippen LogP contribution in [-0.2, 0) is 16.1 Å². The third kappa shape index (κ3) is 4.23. The Morgan fingerprint density at radius 3 is 2.70 bits per heavy atom. The van der Waals surface area contributed by atoms with Gasteiger partial charge in [0.1, 0.15) is 0 Å². The van der Waals surface area contributed by atoms with Crippen LogP contribution in [0.1, 0.15) is 6.42 Å². The van der Waals surface area contributed by atoms with Gasteiger partial charge in [-0.25, -0.2) is 0 Å². The molecule has 3 aromatic rings. The lowest BCUT2D eigenvalue weighted by Crippen LogP contribution is -2.36. The Morgan fingerprint density at radius 2 is 1.93 bits per heavy atom. The van der Waals surface area contributed by atoms with E-state index in [0.717, 1.165) is 48.6 Å². The molecule has 0 bridgehead atoms. The maximum absolute atomic E-state index is 12.3. The lowest BCUT2D eigenvalue weighted by molar-refractivity contribution is -0.116. The van der Waals surface area contributed by atoms with Crippen molar-refractivity contribution < 1.29 is 9.53 Å². The highest BCUT2D eigenvalue weighted by Crippen LogP contribution is 2.20. The molecular weight excluding hydrogens is 364 g/mol. The van der Waals surface area contributed by atoms with E-state index in [4.69, 9.17) is 16.3 Å². The fourth-order valence-electron chi connectivity index (χ4n) is 3.23. The van der Waals surface area contributed by atoms with Crippen molar-refractivity contribution in [3.8, 4) is 0 Å². The predicted molar refractivity (Wildman–Crippen MR) is 107 cm³/mol. The van der Waals surface area contributed by atoms with Gasteiger partial charge < -0.3 is 15.0 Å². The third-order valence-electron chi connectivity index (χ3n) is 4.68. The summed E-state index contributed by atoms with van der Waals surface area (Å²) in [7, 11) is 0. The van der Waals surface area contributed by atoms with Crippen molar-refractivity contribution in [2.45, 2.75) is 13.0 Å². The summed E-state index contributed by atoms with van der Waals surface area (Å²) in [5, 5.41) is 8.96. The first-order valence-corrected chi connectivity index (χ1v) is 9.40. The maximum atomic E-state index is 12.3. The van der Waals surface area contributed by atoms with Gasteiger partial charge in [-0.05, 0) is 42.5 Å². The van der Waals surface area contributed by atoms with Gasteiger partial charge >= 0.3 is 0 Å². The van der Waals surface area contributed by atoms with E-state index in [-0.39, 0.29) is 5.91 Å². The monoisotopic (exact) mass is 384 g/mol. The van der Waals surface area contributed by atoms with Crippen LogP contribution in [0.3, 0.4) is 0 Å². The van der Waals surface area contributed by atoms with Crippen LogP contribution >= 0.6 is 11.6 Å². The Bertz CT molecular complexity index is 933. The Balaban J connectivity index is 1.34. The number of nitrogens with one attached hydrogen (secondary N) is 1. The van der Waals surface area contributed by atoms with E-state index >= 15 is 0 Å². The van der Waals surface area contributed by atoms with Gasteiger partial charge in [0, 0.05) is 41.3 Å². The van der Waals surface area contributed by atoms with Crippen molar-refractivity contribution in [1.29, 1.82) is 0 Å². The Morgan fingerprint density at radius 1 is 1.15 bits per heavy atom. The minimum absolute atomic E-state index is 0.0419. The van der Waals surface area contributed by atoms with Crippen LogP contribution in [0.5, 0.6) is 0 Å². The highest BCUT2D eigenvalue weighted by Gasteiger charge is 2.11. The Hall–Kier alpha value is -2.57. The van der Waals surface area contributed by atoms with Gasteiger partial charge in [-0.1, -0.05) is 11.6 Å². The van der Waals surface area contributed by atoms with Crippen LogP contribution in [0.4, 0.5) is 11.4 Å². The van der Waals surface area contributed by atoms with Crippen LogP contribution in [0.25, 0.3) is 10.9 Å². The van der Waals surface area contributed by atoms with E-state index in [1.165, 1.54) is 0 Å². The second kappa shape index (κ2) is 7.98. The number of aryl methyl sites for hydroxylation is 1. The summed E-state index contributed by atoms with van der Waals surface area (Å²) >= 11 is 6.06. The number of aromatic nitrogens is 2. The number of hydrogen-bond donors (Lipinski definition) is 1. The standard InChI is InChI=1S/C20H21ClN4O2/c21-16-2-1-15-14-22-25(19(15)13-16)8-7-20(26)23-17-3-5-18(6-4-17)24-9-11-27-12-10-24/h1-6,13-14H,7-12H2,(H,23,26). The summed E-state index contributed by atoms with van der Waals surface area (Å²) in [4.78, 5) is 14.6. The molecule has 140 valence electrons. The molecule has 0 aliphatic carbocycles. The second-order valence-electron chi connectivity index (χ2n) is 6.52. The molecule has 0 unspecified atom stereocenters. The quantitative estimate of drug-likeness (QED) is 0.730. The normalized spacial score (nSPS) is 14.5. The van der Waals surface area contributed by atoms with Gasteiger partial charge in [0.05, 0.1) is 31.5 Å². The fraction of sp³-hybridized carbons (Fsp3) is 0.300. The minimum Gasteiger partial charge on any atom is -0.378 e. The zero-order valence-corrected chi connectivity index (χ0v) is 15.7. The summed E-state index contributed by atoms with van der Waals surface area (Å²) < 4.78 is 7.18. The highest BCUT2D eigenvalue weighted by atomic mass is 35.5. The van der Waals surface area contributed by atoms with Gasteiger partial charge in [-0.3, -0.25) is 9.48 Å². The summed E-state index contributed by atoms with van der Waals surface area (Å²) in [5.41, 5.74) is 2.88. The smallest absolute Gasteiger partial charge is 0.226 e. The first kappa shape index (κ1) is 17.8. The number of carbonyl (C=O) groups is 1. The van der Waals surface area contributed by atoms with E-state index < -0.39 is 0 Å². The second-order valence-corrected chi connectivity index (χ2v) is 6.95. The molecule has 2 heterocycles. The van der Waals surface area contributed by atoms with Gasteiger partial charge in [0.15, 0.2) is 0 Å². The maximum Gasteiger partial charge on any atom is 0.226 e. The molecule has 0 atom stereocenters. The average molecular weight is 385 g/mol. The van der Waals surface area contributed by atoms with Crippen molar-refractivity contribution in [1.82, 2.24) is 9.78 Å². The van der Waals surface area contributed by atoms with Crippen LogP contribution in [0.2, 0.25) is 5.02 Å².